The second kappa shape index (κ2) is 17.6. The van der Waals surface area contributed by atoms with Crippen LogP contribution < -0.4 is 22.1 Å². The summed E-state index contributed by atoms with van der Waals surface area (Å²) in [5.74, 6) is -4.86. The van der Waals surface area contributed by atoms with E-state index in [0.29, 0.717) is 22.6 Å². The summed E-state index contributed by atoms with van der Waals surface area (Å²) in [5.41, 5.74) is 12.6. The van der Waals surface area contributed by atoms with Crippen LogP contribution >= 0.6 is 34.9 Å². The number of β-lactam (4-membered cyclic amide) rings is 2. The van der Waals surface area contributed by atoms with Crippen LogP contribution in [0.3, 0.4) is 0 Å². The Hall–Kier alpha value is -5.68. The molecule has 4 amide bonds. The average molecular weight is 818 g/mol. The number of nitrogens with two attached hydrogens (primary N) is 2. The minimum atomic E-state index is -1.21. The summed E-state index contributed by atoms with van der Waals surface area (Å²) in [5, 5.41) is 42.7. The van der Waals surface area contributed by atoms with Crippen molar-refractivity contribution in [3.8, 4) is 5.75 Å². The van der Waals surface area contributed by atoms with Gasteiger partial charge in [0.05, 0.1) is 17.7 Å². The Morgan fingerprint density at radius 3 is 2.20 bits per heavy atom. The Morgan fingerprint density at radius 1 is 0.982 bits per heavy atom. The molecule has 1 aromatic carbocycles. The molecule has 2 saturated heterocycles. The number of aromatic hydroxyl groups is 1. The van der Waals surface area contributed by atoms with Gasteiger partial charge < -0.3 is 48.0 Å². The van der Waals surface area contributed by atoms with E-state index in [-0.39, 0.29) is 39.0 Å². The molecule has 1 aromatic heterocycles. The lowest BCUT2D eigenvalue weighted by molar-refractivity contribution is -0.150. The number of rotatable bonds is 11. The lowest BCUT2D eigenvalue weighted by Gasteiger charge is -2.49. The predicted molar refractivity (Wildman–Crippen MR) is 201 cm³/mol. The molecule has 0 bridgehead atoms. The van der Waals surface area contributed by atoms with Crippen LogP contribution in [-0.2, 0) is 33.6 Å². The quantitative estimate of drug-likeness (QED) is 0.108. The molecule has 0 aliphatic carbocycles. The third kappa shape index (κ3) is 8.84. The fraction of sp³-hybridized carbons (Fsp3) is 0.273. The van der Waals surface area contributed by atoms with Gasteiger partial charge in [-0.3, -0.25) is 33.8 Å². The van der Waals surface area contributed by atoms with Crippen LogP contribution in [0, 0.1) is 0 Å². The summed E-state index contributed by atoms with van der Waals surface area (Å²) in [6.07, 6.45) is 5.63. The van der Waals surface area contributed by atoms with Gasteiger partial charge in [-0.1, -0.05) is 30.4 Å². The first-order chi connectivity index (χ1) is 25.6. The molecule has 0 spiro atoms. The lowest BCUT2D eigenvalue weighted by atomic mass is 10.0. The fourth-order valence-corrected chi connectivity index (χ4v) is 8.80. The number of phenolic OH excluding ortho intramolecular Hbond substituents is 1. The number of aromatic nitrogens is 1. The SMILES string of the molecule is C/C=C\C1=C(C(=O)O)N2C(=O)[C@@H](NC(=O)[C@H](N)c3ccc(O)cc3)[C@H]2SC1.Nc1nc(/C(=C/CC(=O)O)C(=O)N[C@@H]2C(=O)N3C(C(=O)O)=CCS[C@H]23)cs1.O. The zero-order valence-electron chi connectivity index (χ0n) is 28.6. The topological polar surface area (TPSA) is 327 Å². The molecule has 0 radical (unpaired) electrons. The van der Waals surface area contributed by atoms with Gasteiger partial charge in [0.25, 0.3) is 17.7 Å². The molecule has 4 aliphatic heterocycles. The first-order valence-corrected chi connectivity index (χ1v) is 18.8. The van der Waals surface area contributed by atoms with Crippen molar-refractivity contribution in [1.29, 1.82) is 0 Å². The first kappa shape index (κ1) is 42.1. The molecular formula is C33H35N7O12S3. The summed E-state index contributed by atoms with van der Waals surface area (Å²) in [6.45, 7) is 1.77. The van der Waals surface area contributed by atoms with E-state index in [4.69, 9.17) is 21.7 Å². The average Bonchev–Trinajstić information content (AvgIpc) is 3.57. The highest BCUT2D eigenvalue weighted by Crippen LogP contribution is 2.41. The van der Waals surface area contributed by atoms with Crippen molar-refractivity contribution < 1.29 is 59.5 Å². The van der Waals surface area contributed by atoms with Crippen LogP contribution in [0.5, 0.6) is 5.75 Å². The van der Waals surface area contributed by atoms with Crippen LogP contribution in [0.1, 0.15) is 30.6 Å². The van der Waals surface area contributed by atoms with Crippen molar-refractivity contribution >= 4 is 87.1 Å². The minimum Gasteiger partial charge on any atom is -0.508 e. The molecule has 2 aromatic rings. The van der Waals surface area contributed by atoms with Crippen LogP contribution in [0.15, 0.2) is 70.9 Å². The normalized spacial score (nSPS) is 22.0. The monoisotopic (exact) mass is 817 g/mol. The number of nitrogen functional groups attached to an aromatic ring is 1. The van der Waals surface area contributed by atoms with Gasteiger partial charge in [-0.05, 0) is 36.3 Å². The number of carboxylic acids is 3. The number of carbonyl (C=O) groups is 7. The Kier molecular flexibility index (Phi) is 13.5. The number of carbonyl (C=O) groups excluding carboxylic acids is 4. The largest absolute Gasteiger partial charge is 0.508 e. The van der Waals surface area contributed by atoms with Crippen LogP contribution in [0.25, 0.3) is 5.57 Å². The molecule has 12 N–H and O–H groups in total. The number of hydrogen-bond acceptors (Lipinski definition) is 14. The minimum absolute atomic E-state index is 0. The van der Waals surface area contributed by atoms with E-state index in [9.17, 15) is 43.8 Å². The Morgan fingerprint density at radius 2 is 1.62 bits per heavy atom. The van der Waals surface area contributed by atoms with Gasteiger partial charge >= 0.3 is 17.9 Å². The molecule has 0 saturated carbocycles. The Balaban J connectivity index is 0.000000240. The van der Waals surface area contributed by atoms with Gasteiger partial charge in [-0.2, -0.15) is 0 Å². The summed E-state index contributed by atoms with van der Waals surface area (Å²) >= 11 is 3.80. The van der Waals surface area contributed by atoms with Crippen molar-refractivity contribution in [2.75, 3.05) is 17.2 Å². The van der Waals surface area contributed by atoms with E-state index < -0.39 is 76.8 Å². The van der Waals surface area contributed by atoms with Gasteiger partial charge in [0, 0.05) is 16.9 Å². The van der Waals surface area contributed by atoms with E-state index in [0.717, 1.165) is 16.2 Å². The van der Waals surface area contributed by atoms with Gasteiger partial charge in [0.2, 0.25) is 5.91 Å². The third-order valence-corrected chi connectivity index (χ3v) is 11.4. The molecule has 2 fully saturated rings. The highest BCUT2D eigenvalue weighted by Gasteiger charge is 2.55. The standard InChI is InChI=1S/C18H19N3O5S.C15H14N4O6S2.H2O/c1-2-3-10-8-27-17-13(16(24)21(17)14(10)18(25)26)20-15(23)12(19)9-4-6-11(22)7-5-9;16-15-17-7(5-27-15)6(1-2-9(20)21)11(22)18-10-12(23)19-8(14(24)25)3-4-26-13(10)19;/h2-7,12-13,17,22H,8,19H2,1H3,(H,20,23)(H,25,26);1,3,5,10,13H,2,4H2,(H2,16,17)(H,18,22)(H,20,21)(H,24,25);1H2/b3-2-;6-1-;/t12-,13-,17-;10-,13-;/m11./s1. The number of hydrogen-bond donors (Lipinski definition) is 8. The number of nitrogens with zero attached hydrogens (tertiary/aromatic N) is 3. The maximum absolute atomic E-state index is 12.6. The fourth-order valence-electron chi connectivity index (χ4n) is 5.72. The highest BCUT2D eigenvalue weighted by atomic mass is 32.2. The van der Waals surface area contributed by atoms with Crippen molar-refractivity contribution in [1.82, 2.24) is 25.4 Å². The smallest absolute Gasteiger partial charge is 0.352 e. The van der Waals surface area contributed by atoms with Crippen LogP contribution in [0.2, 0.25) is 0 Å². The molecule has 22 heteroatoms. The molecule has 5 atom stereocenters. The molecule has 0 unspecified atom stereocenters. The number of carboxylic acid groups (broad SMARTS) is 3. The van der Waals surface area contributed by atoms with E-state index >= 15 is 0 Å². The Labute approximate surface area is 324 Å². The number of benzene rings is 1. The van der Waals surface area contributed by atoms with Crippen molar-refractivity contribution in [2.24, 2.45) is 5.73 Å². The number of fused-ring (bicyclic) bond motifs is 2. The van der Waals surface area contributed by atoms with E-state index in [1.807, 2.05) is 0 Å². The zero-order chi connectivity index (χ0) is 39.4. The van der Waals surface area contributed by atoms with Crippen molar-refractivity contribution in [3.63, 3.8) is 0 Å². The van der Waals surface area contributed by atoms with Gasteiger partial charge in [0.1, 0.15) is 46.0 Å². The summed E-state index contributed by atoms with van der Waals surface area (Å²) in [6, 6.07) is 3.15. The first-order valence-electron chi connectivity index (χ1n) is 15.9. The van der Waals surface area contributed by atoms with Crippen LogP contribution in [0.4, 0.5) is 5.13 Å². The second-order valence-corrected chi connectivity index (χ2v) is 14.9. The molecular weight excluding hydrogens is 783 g/mol. The predicted octanol–water partition coefficient (Wildman–Crippen LogP) is -0.166. The van der Waals surface area contributed by atoms with E-state index in [1.54, 1.807) is 19.1 Å². The zero-order valence-corrected chi connectivity index (χ0v) is 31.0. The number of aliphatic carboxylic acids is 3. The van der Waals surface area contributed by atoms with Gasteiger partial charge in [0.15, 0.2) is 5.13 Å². The van der Waals surface area contributed by atoms with Crippen molar-refractivity contribution in [3.05, 3.63) is 82.2 Å². The number of amides is 4. The molecule has 19 nitrogen and oxygen atoms in total. The maximum atomic E-state index is 12.6. The van der Waals surface area contributed by atoms with Crippen molar-refractivity contribution in [2.45, 2.75) is 42.2 Å². The molecule has 55 heavy (non-hydrogen) atoms. The van der Waals surface area contributed by atoms with Gasteiger partial charge in [-0.25, -0.2) is 14.6 Å². The number of thioether (sulfide) groups is 2. The number of anilines is 1. The van der Waals surface area contributed by atoms with E-state index in [2.05, 4.69) is 15.6 Å². The number of phenols is 1. The highest BCUT2D eigenvalue weighted by molar-refractivity contribution is 8.00. The summed E-state index contributed by atoms with van der Waals surface area (Å²) in [4.78, 5) is 89.9. The van der Waals surface area contributed by atoms with Crippen LogP contribution in [-0.4, -0.2) is 117 Å². The number of thiazole rings is 1. The van der Waals surface area contributed by atoms with Gasteiger partial charge in [-0.15, -0.1) is 34.9 Å². The summed E-state index contributed by atoms with van der Waals surface area (Å²) < 4.78 is 0. The lowest BCUT2D eigenvalue weighted by Crippen LogP contribution is -2.71. The molecule has 4 aliphatic rings. The number of allylic oxidation sites excluding steroid dienone is 2. The van der Waals surface area contributed by atoms with E-state index in [1.165, 1.54) is 70.2 Å². The number of nitrogens with one attached hydrogen (secondary N) is 2. The second-order valence-electron chi connectivity index (χ2n) is 11.7. The summed E-state index contributed by atoms with van der Waals surface area (Å²) in [7, 11) is 0. The third-order valence-electron chi connectivity index (χ3n) is 8.28. The molecule has 292 valence electrons. The molecule has 5 heterocycles. The molecule has 6 rings (SSSR count). The Bertz CT molecular complexity index is 2030. The maximum Gasteiger partial charge on any atom is 0.352 e.